The minimum absolute atomic E-state index is 0.0582. The molecule has 1 aliphatic heterocycles. The SMILES string of the molecule is CC(O)(CC(=O)NC1CCN(C2CCCC2)C1)c1ccccc1. The highest BCUT2D eigenvalue weighted by atomic mass is 16.3. The van der Waals surface area contributed by atoms with Gasteiger partial charge in [-0.25, -0.2) is 0 Å². The van der Waals surface area contributed by atoms with Gasteiger partial charge in [-0.15, -0.1) is 0 Å². The first-order chi connectivity index (χ1) is 11.0. The van der Waals surface area contributed by atoms with Gasteiger partial charge in [0, 0.05) is 25.2 Å². The number of likely N-dealkylation sites (tertiary alicyclic amines) is 1. The van der Waals surface area contributed by atoms with Gasteiger partial charge in [0.25, 0.3) is 0 Å². The van der Waals surface area contributed by atoms with Crippen molar-refractivity contribution in [3.63, 3.8) is 0 Å². The standard InChI is InChI=1S/C19H28N2O2/c1-19(23,15-7-3-2-4-8-15)13-18(22)20-16-11-12-21(14-16)17-9-5-6-10-17/h2-4,7-8,16-17,23H,5-6,9-14H2,1H3,(H,20,22). The summed E-state index contributed by atoms with van der Waals surface area (Å²) in [7, 11) is 0. The molecule has 0 spiro atoms. The molecule has 0 bridgehead atoms. The molecule has 126 valence electrons. The molecule has 1 aromatic carbocycles. The van der Waals surface area contributed by atoms with Crippen LogP contribution in [0.2, 0.25) is 0 Å². The number of hydrogen-bond acceptors (Lipinski definition) is 3. The third-order valence-electron chi connectivity index (χ3n) is 5.33. The molecule has 4 nitrogen and oxygen atoms in total. The molecule has 1 saturated carbocycles. The number of hydrogen-bond donors (Lipinski definition) is 2. The van der Waals surface area contributed by atoms with Crippen molar-refractivity contribution < 1.29 is 9.90 Å². The average molecular weight is 316 g/mol. The lowest BCUT2D eigenvalue weighted by Crippen LogP contribution is -2.41. The molecule has 0 aromatic heterocycles. The normalized spacial score (nSPS) is 25.4. The number of carbonyl (C=O) groups is 1. The van der Waals surface area contributed by atoms with Crippen molar-refractivity contribution in [1.82, 2.24) is 10.2 Å². The predicted molar refractivity (Wildman–Crippen MR) is 91.0 cm³/mol. The predicted octanol–water partition coefficient (Wildman–Crippen LogP) is 2.42. The zero-order chi connectivity index (χ0) is 16.3. The molecule has 2 fully saturated rings. The number of rotatable bonds is 5. The Labute approximate surface area is 138 Å². The second-order valence-electron chi connectivity index (χ2n) is 7.30. The van der Waals surface area contributed by atoms with Gasteiger partial charge in [-0.2, -0.15) is 0 Å². The van der Waals surface area contributed by atoms with Gasteiger partial charge in [-0.1, -0.05) is 43.2 Å². The Morgan fingerprint density at radius 3 is 2.65 bits per heavy atom. The van der Waals surface area contributed by atoms with Crippen molar-refractivity contribution in [1.29, 1.82) is 0 Å². The van der Waals surface area contributed by atoms with Gasteiger partial charge in [-0.3, -0.25) is 9.69 Å². The molecule has 1 aromatic rings. The zero-order valence-electron chi connectivity index (χ0n) is 14.0. The van der Waals surface area contributed by atoms with Crippen LogP contribution in [-0.4, -0.2) is 41.1 Å². The number of benzene rings is 1. The minimum atomic E-state index is -1.12. The Bertz CT molecular complexity index is 523. The van der Waals surface area contributed by atoms with E-state index in [-0.39, 0.29) is 18.4 Å². The molecule has 1 heterocycles. The minimum Gasteiger partial charge on any atom is -0.385 e. The topological polar surface area (TPSA) is 52.6 Å². The summed E-state index contributed by atoms with van der Waals surface area (Å²) in [6, 6.07) is 10.4. The average Bonchev–Trinajstić information content (AvgIpc) is 3.18. The molecule has 23 heavy (non-hydrogen) atoms. The van der Waals surface area contributed by atoms with E-state index < -0.39 is 5.60 Å². The first-order valence-electron chi connectivity index (χ1n) is 8.86. The van der Waals surface area contributed by atoms with Gasteiger partial charge in [-0.05, 0) is 31.7 Å². The third-order valence-corrected chi connectivity index (χ3v) is 5.33. The van der Waals surface area contributed by atoms with Crippen LogP contribution >= 0.6 is 0 Å². The highest BCUT2D eigenvalue weighted by Crippen LogP contribution is 2.27. The molecule has 2 unspecified atom stereocenters. The maximum Gasteiger partial charge on any atom is 0.223 e. The van der Waals surface area contributed by atoms with Crippen molar-refractivity contribution in [2.24, 2.45) is 0 Å². The molecular formula is C19H28N2O2. The monoisotopic (exact) mass is 316 g/mol. The summed E-state index contributed by atoms with van der Waals surface area (Å²) in [4.78, 5) is 14.9. The molecule has 2 N–H and O–H groups in total. The Balaban J connectivity index is 1.50. The van der Waals surface area contributed by atoms with Crippen LogP contribution in [0.5, 0.6) is 0 Å². The van der Waals surface area contributed by atoms with Crippen molar-refractivity contribution in [3.05, 3.63) is 35.9 Å². The Morgan fingerprint density at radius 1 is 1.26 bits per heavy atom. The van der Waals surface area contributed by atoms with E-state index in [0.29, 0.717) is 0 Å². The lowest BCUT2D eigenvalue weighted by Gasteiger charge is -2.25. The highest BCUT2D eigenvalue weighted by molar-refractivity contribution is 5.77. The van der Waals surface area contributed by atoms with Gasteiger partial charge >= 0.3 is 0 Å². The van der Waals surface area contributed by atoms with E-state index >= 15 is 0 Å². The fraction of sp³-hybridized carbons (Fsp3) is 0.632. The van der Waals surface area contributed by atoms with Gasteiger partial charge < -0.3 is 10.4 Å². The fourth-order valence-electron chi connectivity index (χ4n) is 4.00. The second kappa shape index (κ2) is 7.02. The van der Waals surface area contributed by atoms with Crippen LogP contribution in [0, 0.1) is 0 Å². The summed E-state index contributed by atoms with van der Waals surface area (Å²) in [5.74, 6) is -0.0582. The Hall–Kier alpha value is -1.39. The van der Waals surface area contributed by atoms with Gasteiger partial charge in [0.05, 0.1) is 12.0 Å². The van der Waals surface area contributed by atoms with Gasteiger partial charge in [0.1, 0.15) is 0 Å². The molecule has 2 atom stereocenters. The van der Waals surface area contributed by atoms with Crippen LogP contribution in [0.3, 0.4) is 0 Å². The molecule has 1 aliphatic carbocycles. The van der Waals surface area contributed by atoms with E-state index in [1.165, 1.54) is 25.7 Å². The molecule has 2 aliphatic rings. The maximum absolute atomic E-state index is 12.3. The van der Waals surface area contributed by atoms with Crippen molar-refractivity contribution in [3.8, 4) is 0 Å². The molecular weight excluding hydrogens is 288 g/mol. The number of aliphatic hydroxyl groups is 1. The number of carbonyl (C=O) groups excluding carboxylic acids is 1. The van der Waals surface area contributed by atoms with E-state index in [2.05, 4.69) is 10.2 Å². The van der Waals surface area contributed by atoms with Gasteiger partial charge in [0.15, 0.2) is 0 Å². The molecule has 1 saturated heterocycles. The van der Waals surface area contributed by atoms with Crippen LogP contribution in [0.1, 0.15) is 51.0 Å². The molecule has 3 rings (SSSR count). The summed E-state index contributed by atoms with van der Waals surface area (Å²) >= 11 is 0. The number of nitrogens with zero attached hydrogens (tertiary/aromatic N) is 1. The van der Waals surface area contributed by atoms with E-state index in [1.54, 1.807) is 6.92 Å². The van der Waals surface area contributed by atoms with Crippen LogP contribution in [0.25, 0.3) is 0 Å². The lowest BCUT2D eigenvalue weighted by atomic mass is 9.92. The molecule has 1 amide bonds. The first-order valence-corrected chi connectivity index (χ1v) is 8.86. The zero-order valence-corrected chi connectivity index (χ0v) is 14.0. The van der Waals surface area contributed by atoms with Crippen molar-refractivity contribution >= 4 is 5.91 Å². The smallest absolute Gasteiger partial charge is 0.223 e. The Kier molecular flexibility index (Phi) is 5.02. The largest absolute Gasteiger partial charge is 0.385 e. The summed E-state index contributed by atoms with van der Waals surface area (Å²) in [6.07, 6.45) is 6.44. The van der Waals surface area contributed by atoms with Crippen LogP contribution in [0.4, 0.5) is 0 Å². The van der Waals surface area contributed by atoms with Crippen LogP contribution < -0.4 is 5.32 Å². The van der Waals surface area contributed by atoms with E-state index in [1.807, 2.05) is 30.3 Å². The third kappa shape index (κ3) is 4.12. The summed E-state index contributed by atoms with van der Waals surface area (Å²) in [5.41, 5.74) is -0.330. The van der Waals surface area contributed by atoms with Crippen LogP contribution in [0.15, 0.2) is 30.3 Å². The highest BCUT2D eigenvalue weighted by Gasteiger charge is 2.32. The number of amides is 1. The van der Waals surface area contributed by atoms with Crippen molar-refractivity contribution in [2.45, 2.75) is 63.1 Å². The summed E-state index contributed by atoms with van der Waals surface area (Å²) in [6.45, 7) is 3.76. The quantitative estimate of drug-likeness (QED) is 0.877. The first kappa shape index (κ1) is 16.5. The van der Waals surface area contributed by atoms with E-state index in [9.17, 15) is 9.90 Å². The second-order valence-corrected chi connectivity index (χ2v) is 7.30. The van der Waals surface area contributed by atoms with Crippen LogP contribution in [-0.2, 0) is 10.4 Å². The van der Waals surface area contributed by atoms with Gasteiger partial charge in [0.2, 0.25) is 5.91 Å². The van der Waals surface area contributed by atoms with Crippen molar-refractivity contribution in [2.75, 3.05) is 13.1 Å². The lowest BCUT2D eigenvalue weighted by molar-refractivity contribution is -0.126. The van der Waals surface area contributed by atoms with E-state index in [4.69, 9.17) is 0 Å². The summed E-state index contributed by atoms with van der Waals surface area (Å²) in [5, 5.41) is 13.7. The molecule has 4 heteroatoms. The van der Waals surface area contributed by atoms with E-state index in [0.717, 1.165) is 31.1 Å². The number of nitrogens with one attached hydrogen (secondary N) is 1. The maximum atomic E-state index is 12.3. The Morgan fingerprint density at radius 2 is 1.96 bits per heavy atom. The fourth-order valence-corrected chi connectivity index (χ4v) is 4.00. The molecule has 0 radical (unpaired) electrons. The summed E-state index contributed by atoms with van der Waals surface area (Å²) < 4.78 is 0.